The molecule has 0 bridgehead atoms. The minimum absolute atomic E-state index is 0.121. The van der Waals surface area contributed by atoms with E-state index in [-0.39, 0.29) is 16.9 Å². The fraction of sp³-hybridized carbons (Fsp3) is 0.600. The quantitative estimate of drug-likeness (QED) is 0.364. The van der Waals surface area contributed by atoms with Crippen LogP contribution in [-0.4, -0.2) is 21.0 Å². The monoisotopic (exact) mass is 430 g/mol. The molecule has 30 heavy (non-hydrogen) atoms. The second-order valence-electron chi connectivity index (χ2n) is 10.6. The van der Waals surface area contributed by atoms with Gasteiger partial charge >= 0.3 is 0 Å². The standard InChI is InChI=1S/C25H38O4Si/c1-17(2)24(18(3)4)25(26-8,29-28-24)20-15-14-19-12-11-13-22(21(19)16-20)27-30(9,10)23(5,6)7/h11-18H,1-10H3. The Morgan fingerprint density at radius 3 is 2.03 bits per heavy atom. The Hall–Kier alpha value is -1.40. The maximum atomic E-state index is 6.71. The van der Waals surface area contributed by atoms with Crippen molar-refractivity contribution in [1.82, 2.24) is 0 Å². The predicted octanol–water partition coefficient (Wildman–Crippen LogP) is 7.04. The van der Waals surface area contributed by atoms with Gasteiger partial charge in [-0.15, -0.1) is 0 Å². The second kappa shape index (κ2) is 7.63. The van der Waals surface area contributed by atoms with Crippen LogP contribution in [0.25, 0.3) is 10.8 Å². The van der Waals surface area contributed by atoms with Crippen LogP contribution in [0.15, 0.2) is 36.4 Å². The highest BCUT2D eigenvalue weighted by Crippen LogP contribution is 2.57. The molecule has 1 aliphatic heterocycles. The molecule has 0 spiro atoms. The Balaban J connectivity index is 2.15. The smallest absolute Gasteiger partial charge is 0.260 e. The summed E-state index contributed by atoms with van der Waals surface area (Å²) in [6.07, 6.45) is 0. The van der Waals surface area contributed by atoms with Gasteiger partial charge in [0.15, 0.2) is 5.60 Å². The molecule has 1 saturated heterocycles. The Morgan fingerprint density at radius 2 is 1.57 bits per heavy atom. The van der Waals surface area contributed by atoms with E-state index in [1.165, 1.54) is 0 Å². The van der Waals surface area contributed by atoms with Gasteiger partial charge in [0.05, 0.1) is 0 Å². The first-order valence-corrected chi connectivity index (χ1v) is 13.9. The number of fused-ring (bicyclic) bond motifs is 1. The Bertz CT molecular complexity index is 901. The summed E-state index contributed by atoms with van der Waals surface area (Å²) in [5.74, 6) is 0.390. The van der Waals surface area contributed by atoms with Crippen LogP contribution in [0.2, 0.25) is 18.1 Å². The van der Waals surface area contributed by atoms with Gasteiger partial charge in [-0.3, -0.25) is 0 Å². The largest absolute Gasteiger partial charge is 0.543 e. The van der Waals surface area contributed by atoms with Gasteiger partial charge in [0.25, 0.3) is 14.1 Å². The van der Waals surface area contributed by atoms with Crippen molar-refractivity contribution in [3.63, 3.8) is 0 Å². The number of methoxy groups -OCH3 is 1. The molecule has 3 rings (SSSR count). The molecule has 0 amide bonds. The van der Waals surface area contributed by atoms with Crippen LogP contribution in [0.4, 0.5) is 0 Å². The molecular weight excluding hydrogens is 392 g/mol. The van der Waals surface area contributed by atoms with Gasteiger partial charge in [0, 0.05) is 18.1 Å². The van der Waals surface area contributed by atoms with Crippen LogP contribution in [0.5, 0.6) is 5.75 Å². The van der Waals surface area contributed by atoms with Crippen LogP contribution in [0.1, 0.15) is 54.0 Å². The Kier molecular flexibility index (Phi) is 5.91. The number of hydrogen-bond acceptors (Lipinski definition) is 4. The summed E-state index contributed by atoms with van der Waals surface area (Å²) >= 11 is 0. The molecule has 1 unspecified atom stereocenters. The van der Waals surface area contributed by atoms with Crippen molar-refractivity contribution < 1.29 is 18.9 Å². The first kappa shape index (κ1) is 23.3. The molecule has 2 aromatic carbocycles. The number of benzene rings is 2. The summed E-state index contributed by atoms with van der Waals surface area (Å²) < 4.78 is 12.8. The van der Waals surface area contributed by atoms with Gasteiger partial charge in [-0.2, -0.15) is 4.89 Å². The van der Waals surface area contributed by atoms with Crippen LogP contribution in [0, 0.1) is 11.8 Å². The average molecular weight is 431 g/mol. The van der Waals surface area contributed by atoms with Crippen molar-refractivity contribution in [2.75, 3.05) is 7.11 Å². The zero-order chi connectivity index (χ0) is 22.5. The summed E-state index contributed by atoms with van der Waals surface area (Å²) in [4.78, 5) is 11.6. The molecule has 166 valence electrons. The van der Waals surface area contributed by atoms with Crippen molar-refractivity contribution in [1.29, 1.82) is 0 Å². The number of rotatable bonds is 6. The van der Waals surface area contributed by atoms with E-state index in [9.17, 15) is 0 Å². The minimum Gasteiger partial charge on any atom is -0.543 e. The highest BCUT2D eigenvalue weighted by Gasteiger charge is 2.69. The average Bonchev–Trinajstić information content (AvgIpc) is 2.60. The first-order valence-electron chi connectivity index (χ1n) is 11.0. The number of ether oxygens (including phenoxy) is 1. The molecule has 0 aromatic heterocycles. The summed E-state index contributed by atoms with van der Waals surface area (Å²) in [5, 5.41) is 2.34. The van der Waals surface area contributed by atoms with Crippen molar-refractivity contribution in [3.05, 3.63) is 42.0 Å². The molecule has 4 nitrogen and oxygen atoms in total. The molecule has 1 fully saturated rings. The van der Waals surface area contributed by atoms with E-state index in [2.05, 4.69) is 98.0 Å². The molecule has 0 radical (unpaired) electrons. The Morgan fingerprint density at radius 1 is 0.933 bits per heavy atom. The van der Waals surface area contributed by atoms with E-state index in [1.54, 1.807) is 7.11 Å². The third kappa shape index (κ3) is 3.31. The summed E-state index contributed by atoms with van der Waals surface area (Å²) in [6.45, 7) is 20.0. The first-order chi connectivity index (χ1) is 13.8. The third-order valence-corrected chi connectivity index (χ3v) is 11.6. The van der Waals surface area contributed by atoms with Crippen molar-refractivity contribution in [3.8, 4) is 5.75 Å². The summed E-state index contributed by atoms with van der Waals surface area (Å²) in [7, 11) is -0.281. The van der Waals surface area contributed by atoms with Gasteiger partial charge in [0.2, 0.25) is 0 Å². The van der Waals surface area contributed by atoms with E-state index in [0.29, 0.717) is 0 Å². The van der Waals surface area contributed by atoms with E-state index < -0.39 is 19.7 Å². The van der Waals surface area contributed by atoms with Crippen LogP contribution >= 0.6 is 0 Å². The SMILES string of the molecule is COC1(c2ccc3cccc(O[Si](C)(C)C(C)(C)C)c3c2)OOC1(C(C)C)C(C)C. The third-order valence-electron chi connectivity index (χ3n) is 7.21. The fourth-order valence-electron chi connectivity index (χ4n) is 4.38. The normalized spacial score (nSPS) is 21.9. The molecule has 1 atom stereocenters. The molecule has 1 heterocycles. The fourth-order valence-corrected chi connectivity index (χ4v) is 5.42. The molecule has 1 aliphatic rings. The van der Waals surface area contributed by atoms with Crippen LogP contribution < -0.4 is 4.43 Å². The van der Waals surface area contributed by atoms with Crippen molar-refractivity contribution in [2.24, 2.45) is 11.8 Å². The molecule has 0 aliphatic carbocycles. The zero-order valence-electron chi connectivity index (χ0n) is 20.3. The second-order valence-corrected chi connectivity index (χ2v) is 15.4. The molecule has 5 heteroatoms. The van der Waals surface area contributed by atoms with E-state index in [0.717, 1.165) is 22.1 Å². The van der Waals surface area contributed by atoms with Crippen molar-refractivity contribution >= 4 is 19.1 Å². The maximum Gasteiger partial charge on any atom is 0.260 e. The topological polar surface area (TPSA) is 36.9 Å². The highest BCUT2D eigenvalue weighted by molar-refractivity contribution is 6.74. The van der Waals surface area contributed by atoms with Crippen LogP contribution in [-0.2, 0) is 20.3 Å². The van der Waals surface area contributed by atoms with E-state index >= 15 is 0 Å². The van der Waals surface area contributed by atoms with Gasteiger partial charge < -0.3 is 9.16 Å². The molecule has 0 N–H and O–H groups in total. The lowest BCUT2D eigenvalue weighted by atomic mass is 9.70. The maximum absolute atomic E-state index is 6.71. The van der Waals surface area contributed by atoms with Gasteiger partial charge in [-0.05, 0) is 47.5 Å². The lowest BCUT2D eigenvalue weighted by Gasteiger charge is -2.59. The van der Waals surface area contributed by atoms with Gasteiger partial charge in [-0.1, -0.05) is 72.7 Å². The molecule has 2 aromatic rings. The summed E-state index contributed by atoms with van der Waals surface area (Å²) in [6, 6.07) is 12.6. The van der Waals surface area contributed by atoms with Crippen LogP contribution in [0.3, 0.4) is 0 Å². The lowest BCUT2D eigenvalue weighted by Crippen LogP contribution is -2.70. The lowest BCUT2D eigenvalue weighted by molar-refractivity contribution is -0.634. The van der Waals surface area contributed by atoms with E-state index in [4.69, 9.17) is 18.9 Å². The van der Waals surface area contributed by atoms with Gasteiger partial charge in [-0.25, -0.2) is 4.89 Å². The molecule has 0 saturated carbocycles. The zero-order valence-corrected chi connectivity index (χ0v) is 21.3. The number of hydrogen-bond donors (Lipinski definition) is 0. The Labute approximate surface area is 182 Å². The molecular formula is C25H38O4Si. The minimum atomic E-state index is -1.98. The predicted molar refractivity (Wildman–Crippen MR) is 125 cm³/mol. The van der Waals surface area contributed by atoms with Gasteiger partial charge in [0.1, 0.15) is 5.75 Å². The summed E-state index contributed by atoms with van der Waals surface area (Å²) in [5.41, 5.74) is 0.391. The van der Waals surface area contributed by atoms with Crippen molar-refractivity contribution in [2.45, 2.75) is 78.0 Å². The highest BCUT2D eigenvalue weighted by atomic mass is 28.4. The van der Waals surface area contributed by atoms with E-state index in [1.807, 2.05) is 0 Å².